The zero-order valence-corrected chi connectivity index (χ0v) is 25.4. The standard InChI is InChI=1S/C33H28N4O7S.CH4/c1-4-24-16-27-30(39)36(18-28(38)21-13-22(42-2)15-23(14-21)43-3)33(41)37(31(27)45-24)17-19-9-11-20(12-10-19)25-7-5-6-8-26(25)29-34-32(40)44-35-29;/h5-16H,4,17-18H2,1-3H3,(H,34,35,40);1H4/p-1. The molecule has 0 spiro atoms. The lowest BCUT2D eigenvalue weighted by Gasteiger charge is -2.13. The van der Waals surface area contributed by atoms with Crippen LogP contribution in [0.25, 0.3) is 32.7 Å². The Kier molecular flexibility index (Phi) is 9.19. The maximum absolute atomic E-state index is 13.9. The number of hydrogen-bond acceptors (Lipinski definition) is 10. The molecule has 236 valence electrons. The number of nitrogens with zero attached hydrogens (tertiary/aromatic N) is 4. The molecule has 0 aliphatic carbocycles. The molecule has 0 N–H and O–H groups in total. The van der Waals surface area contributed by atoms with Gasteiger partial charge in [-0.2, -0.15) is 5.16 Å². The molecule has 0 aliphatic heterocycles. The fourth-order valence-corrected chi connectivity index (χ4v) is 6.21. The van der Waals surface area contributed by atoms with Gasteiger partial charge in [0, 0.05) is 22.1 Å². The summed E-state index contributed by atoms with van der Waals surface area (Å²) in [6.07, 6.45) is -0.0735. The first kappa shape index (κ1) is 31.9. The van der Waals surface area contributed by atoms with Crippen LogP contribution in [-0.2, 0) is 19.5 Å². The van der Waals surface area contributed by atoms with Crippen LogP contribution in [-0.4, -0.2) is 39.3 Å². The number of ether oxygens (including phenoxy) is 2. The number of methoxy groups -OCH3 is 2. The van der Waals surface area contributed by atoms with Crippen LogP contribution < -0.4 is 25.8 Å². The Labute approximate surface area is 267 Å². The van der Waals surface area contributed by atoms with Gasteiger partial charge in [-0.15, -0.1) is 11.3 Å². The summed E-state index contributed by atoms with van der Waals surface area (Å²) in [5.41, 5.74) is 2.26. The Bertz CT molecular complexity index is 2140. The second-order valence-electron chi connectivity index (χ2n) is 10.2. The number of fused-ring (bicyclic) bond motifs is 1. The largest absolute Gasteiger partial charge is 0.528 e. The van der Waals surface area contributed by atoms with Gasteiger partial charge in [-0.05, 0) is 41.3 Å². The topological polar surface area (TPSA) is 142 Å². The number of carbonyl (C=O) groups is 1. The molecule has 46 heavy (non-hydrogen) atoms. The fraction of sp³-hybridized carbons (Fsp3) is 0.206. The average molecular weight is 640 g/mol. The SMILES string of the molecule is C.CCc1cc2c(=O)n(CC(=O)c3cc(OC)cc(OC)c3)c(=O)n(Cc3ccc(-c4ccccc4-c4noc([O-])n4)cc3)c2s1. The second kappa shape index (κ2) is 13.2. The van der Waals surface area contributed by atoms with Gasteiger partial charge in [0.15, 0.2) is 17.7 Å². The van der Waals surface area contributed by atoms with Crippen LogP contribution in [0.4, 0.5) is 0 Å². The monoisotopic (exact) mass is 639 g/mol. The molecule has 0 unspecified atom stereocenters. The van der Waals surface area contributed by atoms with E-state index in [0.717, 1.165) is 26.1 Å². The number of aryl methyl sites for hydroxylation is 1. The molecule has 6 rings (SSSR count). The van der Waals surface area contributed by atoms with E-state index in [0.29, 0.717) is 33.7 Å². The Morgan fingerprint density at radius 3 is 2.22 bits per heavy atom. The summed E-state index contributed by atoms with van der Waals surface area (Å²) in [6, 6.07) is 21.5. The Morgan fingerprint density at radius 1 is 0.935 bits per heavy atom. The Hall–Kier alpha value is -5.49. The van der Waals surface area contributed by atoms with Crippen LogP contribution in [0, 0.1) is 0 Å². The van der Waals surface area contributed by atoms with Gasteiger partial charge in [-0.3, -0.25) is 18.7 Å². The van der Waals surface area contributed by atoms with Crippen molar-refractivity contribution in [3.05, 3.63) is 110 Å². The number of hydrogen-bond donors (Lipinski definition) is 0. The molecule has 12 heteroatoms. The third-order valence-electron chi connectivity index (χ3n) is 7.45. The second-order valence-corrected chi connectivity index (χ2v) is 11.3. The van der Waals surface area contributed by atoms with E-state index in [9.17, 15) is 19.5 Å². The smallest absolute Gasteiger partial charge is 0.332 e. The molecule has 0 bridgehead atoms. The van der Waals surface area contributed by atoms with Crippen molar-refractivity contribution in [2.45, 2.75) is 33.9 Å². The molecule has 0 saturated carbocycles. The minimum atomic E-state index is -0.766. The van der Waals surface area contributed by atoms with E-state index < -0.39 is 29.7 Å². The van der Waals surface area contributed by atoms with Crippen molar-refractivity contribution in [2.24, 2.45) is 0 Å². The van der Waals surface area contributed by atoms with Gasteiger partial charge in [0.1, 0.15) is 16.3 Å². The molecule has 11 nitrogen and oxygen atoms in total. The highest BCUT2D eigenvalue weighted by atomic mass is 32.1. The molecular weight excluding hydrogens is 608 g/mol. The summed E-state index contributed by atoms with van der Waals surface area (Å²) in [5, 5.41) is 15.6. The van der Waals surface area contributed by atoms with Crippen LogP contribution in [0.1, 0.15) is 35.1 Å². The molecule has 0 atom stereocenters. The predicted molar refractivity (Wildman–Crippen MR) is 174 cm³/mol. The van der Waals surface area contributed by atoms with Crippen molar-refractivity contribution < 1.29 is 23.9 Å². The van der Waals surface area contributed by atoms with E-state index in [2.05, 4.69) is 14.7 Å². The summed E-state index contributed by atoms with van der Waals surface area (Å²) in [7, 11) is 2.95. The molecule has 0 fully saturated rings. The van der Waals surface area contributed by atoms with Gasteiger partial charge in [-0.1, -0.05) is 62.9 Å². The van der Waals surface area contributed by atoms with Crippen molar-refractivity contribution >= 4 is 27.3 Å². The predicted octanol–water partition coefficient (Wildman–Crippen LogP) is 5.16. The normalized spacial score (nSPS) is 10.9. The quantitative estimate of drug-likeness (QED) is 0.186. The van der Waals surface area contributed by atoms with Gasteiger partial charge in [-0.25, -0.2) is 9.78 Å². The van der Waals surface area contributed by atoms with Crippen LogP contribution in [0.2, 0.25) is 0 Å². The van der Waals surface area contributed by atoms with Gasteiger partial charge < -0.3 is 19.1 Å². The molecule has 3 heterocycles. The van der Waals surface area contributed by atoms with E-state index in [4.69, 9.17) is 9.47 Å². The van der Waals surface area contributed by atoms with E-state index in [1.807, 2.05) is 49.4 Å². The molecular formula is C34H31N4O7S-. The molecule has 0 aliphatic rings. The maximum Gasteiger partial charge on any atom is 0.332 e. The number of thiophene rings is 1. The molecule has 3 aromatic carbocycles. The first-order chi connectivity index (χ1) is 21.8. The highest BCUT2D eigenvalue weighted by Crippen LogP contribution is 2.31. The summed E-state index contributed by atoms with van der Waals surface area (Å²) in [5.74, 6) is 0.600. The minimum absolute atomic E-state index is 0. The van der Waals surface area contributed by atoms with Gasteiger partial charge >= 0.3 is 5.69 Å². The molecule has 3 aromatic heterocycles. The summed E-state index contributed by atoms with van der Waals surface area (Å²) in [6.45, 7) is 1.71. The lowest BCUT2D eigenvalue weighted by molar-refractivity contribution is -0.303. The highest BCUT2D eigenvalue weighted by molar-refractivity contribution is 7.18. The zero-order valence-electron chi connectivity index (χ0n) is 24.6. The summed E-state index contributed by atoms with van der Waals surface area (Å²) in [4.78, 5) is 46.2. The molecule has 6 aromatic rings. The molecule has 0 saturated heterocycles. The van der Waals surface area contributed by atoms with Crippen molar-refractivity contribution in [2.75, 3.05) is 14.2 Å². The fourth-order valence-electron chi connectivity index (χ4n) is 5.13. The van der Waals surface area contributed by atoms with E-state index in [1.54, 1.807) is 30.3 Å². The zero-order chi connectivity index (χ0) is 31.7. The highest BCUT2D eigenvalue weighted by Gasteiger charge is 2.20. The number of rotatable bonds is 10. The van der Waals surface area contributed by atoms with Crippen molar-refractivity contribution in [1.82, 2.24) is 19.3 Å². The summed E-state index contributed by atoms with van der Waals surface area (Å²) < 4.78 is 17.7. The van der Waals surface area contributed by atoms with Crippen LogP contribution in [0.5, 0.6) is 17.6 Å². The number of Topliss-reactive ketones (excluding diaryl/α,β-unsaturated/α-hetero) is 1. The van der Waals surface area contributed by atoms with E-state index in [1.165, 1.54) is 30.1 Å². The third kappa shape index (κ3) is 6.07. The number of aromatic nitrogens is 4. The van der Waals surface area contributed by atoms with Crippen molar-refractivity contribution in [1.29, 1.82) is 0 Å². The molecule has 0 amide bonds. The summed E-state index contributed by atoms with van der Waals surface area (Å²) >= 11 is 1.39. The van der Waals surface area contributed by atoms with Crippen molar-refractivity contribution in [3.63, 3.8) is 0 Å². The lowest BCUT2D eigenvalue weighted by atomic mass is 9.98. The Balaban J connectivity index is 0.00000417. The number of carbonyl (C=O) groups excluding carboxylic acids is 1. The number of ketones is 1. The average Bonchev–Trinajstić information content (AvgIpc) is 3.71. The lowest BCUT2D eigenvalue weighted by Crippen LogP contribution is -2.41. The van der Waals surface area contributed by atoms with Gasteiger partial charge in [0.2, 0.25) is 0 Å². The van der Waals surface area contributed by atoms with Crippen LogP contribution in [0.3, 0.4) is 0 Å². The first-order valence-corrected chi connectivity index (χ1v) is 14.8. The first-order valence-electron chi connectivity index (χ1n) is 14.0. The third-order valence-corrected chi connectivity index (χ3v) is 8.75. The number of benzene rings is 3. The van der Waals surface area contributed by atoms with E-state index in [-0.39, 0.29) is 25.4 Å². The van der Waals surface area contributed by atoms with Crippen LogP contribution >= 0.6 is 11.3 Å². The van der Waals surface area contributed by atoms with Crippen molar-refractivity contribution in [3.8, 4) is 40.1 Å². The minimum Gasteiger partial charge on any atom is -0.528 e. The molecule has 0 radical (unpaired) electrons. The maximum atomic E-state index is 13.9. The van der Waals surface area contributed by atoms with Crippen LogP contribution in [0.15, 0.2) is 86.9 Å². The Morgan fingerprint density at radius 2 is 1.61 bits per heavy atom. The van der Waals surface area contributed by atoms with Gasteiger partial charge in [0.25, 0.3) is 5.56 Å². The van der Waals surface area contributed by atoms with Gasteiger partial charge in [0.05, 0.1) is 32.7 Å². The van der Waals surface area contributed by atoms with E-state index >= 15 is 0 Å².